The molecule has 0 unspecified atom stereocenters. The number of aliphatic carboxylic acids is 1. The first kappa shape index (κ1) is 17.8. The predicted octanol–water partition coefficient (Wildman–Crippen LogP) is 2.72. The fourth-order valence-electron chi connectivity index (χ4n) is 1.46. The van der Waals surface area contributed by atoms with Crippen LogP contribution in [-0.2, 0) is 22.3 Å². The first-order chi connectivity index (χ1) is 9.88. The average Bonchev–Trinajstić information content (AvgIpc) is 2.66. The van der Waals surface area contributed by atoms with Gasteiger partial charge in [-0.3, -0.25) is 14.8 Å². The van der Waals surface area contributed by atoms with Crippen molar-refractivity contribution in [3.63, 3.8) is 0 Å². The zero-order valence-corrected chi connectivity index (χ0v) is 12.2. The summed E-state index contributed by atoms with van der Waals surface area (Å²) in [7, 11) is 0. The van der Waals surface area contributed by atoms with Gasteiger partial charge in [0.05, 0.1) is 18.7 Å². The quantitative estimate of drug-likeness (QED) is 0.888. The third-order valence-corrected chi connectivity index (χ3v) is 2.22. The van der Waals surface area contributed by atoms with E-state index in [2.05, 4.69) is 5.10 Å². The Morgan fingerprint density at radius 3 is 2.41 bits per heavy atom. The molecule has 0 aliphatic rings. The van der Waals surface area contributed by atoms with Crippen LogP contribution in [-0.4, -0.2) is 32.6 Å². The predicted molar refractivity (Wildman–Crippen MR) is 69.3 cm³/mol. The Hall–Kier alpha value is -2.26. The van der Waals surface area contributed by atoms with E-state index in [0.29, 0.717) is 0 Å². The molecule has 0 fully saturated rings. The van der Waals surface area contributed by atoms with Gasteiger partial charge in [0.2, 0.25) is 0 Å². The van der Waals surface area contributed by atoms with Crippen LogP contribution in [0.5, 0.6) is 0 Å². The first-order valence-electron chi connectivity index (χ1n) is 6.25. The lowest BCUT2D eigenvalue weighted by Gasteiger charge is -2.19. The minimum atomic E-state index is -4.79. The highest BCUT2D eigenvalue weighted by atomic mass is 19.4. The van der Waals surface area contributed by atoms with Crippen molar-refractivity contribution in [2.45, 2.75) is 45.5 Å². The average molecular weight is 323 g/mol. The lowest BCUT2D eigenvalue weighted by atomic mass is 10.2. The molecule has 0 spiro atoms. The van der Waals surface area contributed by atoms with E-state index in [1.165, 1.54) is 0 Å². The molecule has 2 N–H and O–H groups in total. The second-order valence-corrected chi connectivity index (χ2v) is 5.42. The van der Waals surface area contributed by atoms with Crippen molar-refractivity contribution in [2.24, 2.45) is 0 Å². The van der Waals surface area contributed by atoms with Crippen molar-refractivity contribution in [1.82, 2.24) is 9.78 Å². The van der Waals surface area contributed by atoms with Crippen molar-refractivity contribution >= 4 is 17.7 Å². The second kappa shape index (κ2) is 6.24. The molecule has 0 atom stereocenters. The highest BCUT2D eigenvalue weighted by molar-refractivity contribution is 5.85. The van der Waals surface area contributed by atoms with Gasteiger partial charge in [-0.1, -0.05) is 0 Å². The molecule has 124 valence electrons. The third kappa shape index (κ3) is 5.62. The van der Waals surface area contributed by atoms with E-state index in [9.17, 15) is 22.8 Å². The summed E-state index contributed by atoms with van der Waals surface area (Å²) in [6.45, 7) is 4.43. The summed E-state index contributed by atoms with van der Waals surface area (Å²) in [5.41, 5.74) is -2.78. The number of aromatic nitrogens is 2. The van der Waals surface area contributed by atoms with Gasteiger partial charge >= 0.3 is 18.2 Å². The molecule has 0 saturated carbocycles. The van der Waals surface area contributed by atoms with Crippen molar-refractivity contribution in [1.29, 1.82) is 0 Å². The maximum Gasteiger partial charge on any atom is 0.437 e. The molecular formula is C12H16F3N3O4. The van der Waals surface area contributed by atoms with E-state index in [1.807, 2.05) is 5.32 Å². The van der Waals surface area contributed by atoms with Crippen molar-refractivity contribution in [3.8, 4) is 0 Å². The summed E-state index contributed by atoms with van der Waals surface area (Å²) in [6.07, 6.45) is -5.34. The molecule has 1 heterocycles. The fourth-order valence-corrected chi connectivity index (χ4v) is 1.46. The molecule has 0 radical (unpaired) electrons. The number of ether oxygens (including phenoxy) is 1. The Labute approximate surface area is 124 Å². The molecule has 1 aromatic heterocycles. The van der Waals surface area contributed by atoms with Crippen LogP contribution in [0.2, 0.25) is 0 Å². The Bertz CT molecular complexity index is 561. The van der Waals surface area contributed by atoms with E-state index in [4.69, 9.17) is 9.84 Å². The van der Waals surface area contributed by atoms with Crippen LogP contribution in [0.15, 0.2) is 6.20 Å². The van der Waals surface area contributed by atoms with Gasteiger partial charge in [0.15, 0.2) is 5.69 Å². The second-order valence-electron chi connectivity index (χ2n) is 5.42. The molecule has 1 aromatic rings. The van der Waals surface area contributed by atoms with Gasteiger partial charge < -0.3 is 9.84 Å². The van der Waals surface area contributed by atoms with E-state index < -0.39 is 41.6 Å². The standard InChI is InChI=1S/C12H16F3N3O4/c1-11(2,3)22-10(21)16-7-6-18(5-4-8(19)20)17-9(7)12(13,14)15/h6H,4-5H2,1-3H3,(H,16,21)(H,19,20). The summed E-state index contributed by atoms with van der Waals surface area (Å²) < 4.78 is 44.3. The van der Waals surface area contributed by atoms with Gasteiger partial charge in [-0.25, -0.2) is 4.79 Å². The van der Waals surface area contributed by atoms with E-state index in [-0.39, 0.29) is 6.54 Å². The maximum absolute atomic E-state index is 12.9. The SMILES string of the molecule is CC(C)(C)OC(=O)Nc1cn(CCC(=O)O)nc1C(F)(F)F. The van der Waals surface area contributed by atoms with Crippen molar-refractivity contribution in [2.75, 3.05) is 5.32 Å². The molecule has 0 aromatic carbocycles. The summed E-state index contributed by atoms with van der Waals surface area (Å²) in [6, 6.07) is 0. The molecule has 0 saturated heterocycles. The van der Waals surface area contributed by atoms with E-state index >= 15 is 0 Å². The Kier molecular flexibility index (Phi) is 5.05. The Balaban J connectivity index is 2.96. The lowest BCUT2D eigenvalue weighted by molar-refractivity contribution is -0.140. The topological polar surface area (TPSA) is 93.5 Å². The summed E-state index contributed by atoms with van der Waals surface area (Å²) in [4.78, 5) is 22.0. The number of carboxylic acid groups (broad SMARTS) is 1. The number of amides is 1. The van der Waals surface area contributed by atoms with Crippen LogP contribution >= 0.6 is 0 Å². The molecule has 0 bridgehead atoms. The maximum atomic E-state index is 12.9. The molecule has 1 rings (SSSR count). The molecular weight excluding hydrogens is 307 g/mol. The van der Waals surface area contributed by atoms with Crippen molar-refractivity contribution in [3.05, 3.63) is 11.9 Å². The zero-order chi connectivity index (χ0) is 17.1. The lowest BCUT2D eigenvalue weighted by Crippen LogP contribution is -2.27. The van der Waals surface area contributed by atoms with Crippen molar-refractivity contribution < 1.29 is 32.6 Å². The van der Waals surface area contributed by atoms with Gasteiger partial charge in [0, 0.05) is 6.20 Å². The number of anilines is 1. The molecule has 1 amide bonds. The number of aryl methyl sites for hydroxylation is 1. The number of nitrogens with zero attached hydrogens (tertiary/aromatic N) is 2. The Morgan fingerprint density at radius 2 is 1.95 bits per heavy atom. The minimum Gasteiger partial charge on any atom is -0.481 e. The summed E-state index contributed by atoms with van der Waals surface area (Å²) in [5, 5.41) is 13.8. The minimum absolute atomic E-state index is 0.256. The van der Waals surface area contributed by atoms with Crippen LogP contribution < -0.4 is 5.32 Å². The van der Waals surface area contributed by atoms with Crippen LogP contribution in [0.4, 0.5) is 23.7 Å². The van der Waals surface area contributed by atoms with E-state index in [1.54, 1.807) is 20.8 Å². The van der Waals surface area contributed by atoms with Gasteiger partial charge in [-0.2, -0.15) is 18.3 Å². The molecule has 0 aliphatic carbocycles. The normalized spacial score (nSPS) is 12.1. The fraction of sp³-hybridized carbons (Fsp3) is 0.583. The summed E-state index contributed by atoms with van der Waals surface area (Å²) in [5.74, 6) is -1.18. The number of carbonyl (C=O) groups excluding carboxylic acids is 1. The first-order valence-corrected chi connectivity index (χ1v) is 6.25. The highest BCUT2D eigenvalue weighted by Crippen LogP contribution is 2.33. The largest absolute Gasteiger partial charge is 0.481 e. The zero-order valence-electron chi connectivity index (χ0n) is 12.2. The highest BCUT2D eigenvalue weighted by Gasteiger charge is 2.38. The van der Waals surface area contributed by atoms with Gasteiger partial charge in [0.1, 0.15) is 5.60 Å². The molecule has 0 aliphatic heterocycles. The van der Waals surface area contributed by atoms with Crippen LogP contribution in [0.1, 0.15) is 32.9 Å². The summed E-state index contributed by atoms with van der Waals surface area (Å²) >= 11 is 0. The molecule has 10 heteroatoms. The van der Waals surface area contributed by atoms with E-state index in [0.717, 1.165) is 10.9 Å². The molecule has 22 heavy (non-hydrogen) atoms. The smallest absolute Gasteiger partial charge is 0.437 e. The van der Waals surface area contributed by atoms with Crippen LogP contribution in [0.3, 0.4) is 0 Å². The number of hydrogen-bond donors (Lipinski definition) is 2. The number of hydrogen-bond acceptors (Lipinski definition) is 4. The number of nitrogens with one attached hydrogen (secondary N) is 1. The van der Waals surface area contributed by atoms with Gasteiger partial charge in [-0.15, -0.1) is 0 Å². The number of halogens is 3. The number of alkyl halides is 3. The van der Waals surface area contributed by atoms with Gasteiger partial charge in [0.25, 0.3) is 0 Å². The number of carboxylic acids is 1. The molecule has 7 nitrogen and oxygen atoms in total. The number of carbonyl (C=O) groups is 2. The third-order valence-electron chi connectivity index (χ3n) is 2.22. The van der Waals surface area contributed by atoms with Gasteiger partial charge in [-0.05, 0) is 20.8 Å². The number of rotatable bonds is 4. The van der Waals surface area contributed by atoms with Crippen LogP contribution in [0, 0.1) is 0 Å². The van der Waals surface area contributed by atoms with Crippen LogP contribution in [0.25, 0.3) is 0 Å². The monoisotopic (exact) mass is 323 g/mol. The Morgan fingerprint density at radius 1 is 1.36 bits per heavy atom.